The summed E-state index contributed by atoms with van der Waals surface area (Å²) >= 11 is 0. The zero-order valence-corrected chi connectivity index (χ0v) is 15.0. The molecule has 6 heteroatoms. The number of unbranched alkanes of at least 4 members (excludes halogenated alkanes) is 1. The molecular formula is C19H24N4O2. The minimum atomic E-state index is -0.463. The minimum Gasteiger partial charge on any atom is -0.444 e. The fourth-order valence-electron chi connectivity index (χ4n) is 2.78. The molecule has 0 bridgehead atoms. The maximum Gasteiger partial charge on any atom is 0.407 e. The molecule has 0 radical (unpaired) electrons. The first-order chi connectivity index (χ1) is 11.9. The topological polar surface area (TPSA) is 69.0 Å². The van der Waals surface area contributed by atoms with E-state index in [1.807, 2.05) is 51.5 Å². The number of amides is 1. The SMILES string of the molecule is CC(C)(C)OC(=O)NCCCCn1cnc2cnc3ccccc3c21. The standard InChI is InChI=1S/C19H24N4O2/c1-19(2,3)25-18(24)20-10-6-7-11-23-13-22-16-12-21-15-9-5-4-8-14(15)17(16)23/h4-5,8-9,12-13H,6-7,10-11H2,1-3H3,(H,20,24). The van der Waals surface area contributed by atoms with Gasteiger partial charge in [-0.3, -0.25) is 4.98 Å². The summed E-state index contributed by atoms with van der Waals surface area (Å²) in [5.74, 6) is 0. The molecule has 3 rings (SSSR count). The molecular weight excluding hydrogens is 316 g/mol. The molecule has 0 fully saturated rings. The summed E-state index contributed by atoms with van der Waals surface area (Å²) in [6.45, 7) is 7.02. The monoisotopic (exact) mass is 340 g/mol. The first kappa shape index (κ1) is 17.2. The van der Waals surface area contributed by atoms with E-state index in [-0.39, 0.29) is 6.09 Å². The van der Waals surface area contributed by atoms with Gasteiger partial charge in [0.15, 0.2) is 0 Å². The van der Waals surface area contributed by atoms with Crippen LogP contribution in [-0.4, -0.2) is 32.8 Å². The van der Waals surface area contributed by atoms with Gasteiger partial charge in [-0.25, -0.2) is 9.78 Å². The van der Waals surface area contributed by atoms with Crippen molar-refractivity contribution in [3.63, 3.8) is 0 Å². The quantitative estimate of drug-likeness (QED) is 0.716. The number of carbonyl (C=O) groups excluding carboxylic acids is 1. The molecule has 0 unspecified atom stereocenters. The fourth-order valence-corrected chi connectivity index (χ4v) is 2.78. The first-order valence-corrected chi connectivity index (χ1v) is 8.59. The highest BCUT2D eigenvalue weighted by molar-refractivity contribution is 6.01. The molecule has 6 nitrogen and oxygen atoms in total. The van der Waals surface area contributed by atoms with Crippen LogP contribution in [0.15, 0.2) is 36.8 Å². The van der Waals surface area contributed by atoms with Crippen molar-refractivity contribution in [1.29, 1.82) is 0 Å². The van der Waals surface area contributed by atoms with Gasteiger partial charge in [-0.1, -0.05) is 18.2 Å². The third-order valence-electron chi connectivity index (χ3n) is 3.85. The van der Waals surface area contributed by atoms with Crippen molar-refractivity contribution < 1.29 is 9.53 Å². The summed E-state index contributed by atoms with van der Waals surface area (Å²) in [4.78, 5) is 20.5. The Balaban J connectivity index is 1.57. The number of pyridine rings is 1. The summed E-state index contributed by atoms with van der Waals surface area (Å²) in [6.07, 6.45) is 5.13. The van der Waals surface area contributed by atoms with Crippen LogP contribution in [-0.2, 0) is 11.3 Å². The number of aromatic nitrogens is 3. The van der Waals surface area contributed by atoms with Crippen LogP contribution < -0.4 is 5.32 Å². The van der Waals surface area contributed by atoms with Gasteiger partial charge in [0.1, 0.15) is 11.1 Å². The molecule has 1 aromatic carbocycles. The van der Waals surface area contributed by atoms with Crippen molar-refractivity contribution in [2.24, 2.45) is 0 Å². The van der Waals surface area contributed by atoms with Crippen LogP contribution >= 0.6 is 0 Å². The number of carbonyl (C=O) groups is 1. The summed E-state index contributed by atoms with van der Waals surface area (Å²) < 4.78 is 7.38. The Morgan fingerprint density at radius 1 is 1.16 bits per heavy atom. The summed E-state index contributed by atoms with van der Waals surface area (Å²) in [7, 11) is 0. The van der Waals surface area contributed by atoms with Crippen LogP contribution in [0, 0.1) is 0 Å². The predicted molar refractivity (Wildman–Crippen MR) is 98.5 cm³/mol. The van der Waals surface area contributed by atoms with E-state index in [1.54, 1.807) is 0 Å². The number of hydrogen-bond acceptors (Lipinski definition) is 4. The average molecular weight is 340 g/mol. The summed E-state index contributed by atoms with van der Waals surface area (Å²) in [5.41, 5.74) is 2.54. The number of rotatable bonds is 5. The lowest BCUT2D eigenvalue weighted by atomic mass is 10.2. The van der Waals surface area contributed by atoms with Gasteiger partial charge in [0.2, 0.25) is 0 Å². The second-order valence-corrected chi connectivity index (χ2v) is 7.08. The van der Waals surface area contributed by atoms with Crippen molar-refractivity contribution in [2.75, 3.05) is 6.54 Å². The van der Waals surface area contributed by atoms with E-state index in [2.05, 4.69) is 25.9 Å². The van der Waals surface area contributed by atoms with Gasteiger partial charge in [0.05, 0.1) is 23.6 Å². The van der Waals surface area contributed by atoms with Gasteiger partial charge < -0.3 is 14.6 Å². The van der Waals surface area contributed by atoms with Crippen molar-refractivity contribution >= 4 is 28.0 Å². The third-order valence-corrected chi connectivity index (χ3v) is 3.85. The summed E-state index contributed by atoms with van der Waals surface area (Å²) in [6, 6.07) is 8.10. The minimum absolute atomic E-state index is 0.363. The highest BCUT2D eigenvalue weighted by Gasteiger charge is 2.15. The van der Waals surface area contributed by atoms with E-state index in [1.165, 1.54) is 0 Å². The molecule has 3 aromatic rings. The van der Waals surface area contributed by atoms with Crippen LogP contribution in [0.5, 0.6) is 0 Å². The number of fused-ring (bicyclic) bond motifs is 3. The van der Waals surface area contributed by atoms with Gasteiger partial charge in [-0.15, -0.1) is 0 Å². The Kier molecular flexibility index (Phi) is 4.88. The van der Waals surface area contributed by atoms with E-state index in [9.17, 15) is 4.79 Å². The Bertz CT molecular complexity index is 880. The van der Waals surface area contributed by atoms with Crippen LogP contribution in [0.3, 0.4) is 0 Å². The molecule has 0 saturated carbocycles. The molecule has 2 heterocycles. The maximum absolute atomic E-state index is 11.6. The molecule has 0 aliphatic rings. The third kappa shape index (κ3) is 4.26. The van der Waals surface area contributed by atoms with Crippen molar-refractivity contribution in [2.45, 2.75) is 45.8 Å². The molecule has 0 atom stereocenters. The van der Waals surface area contributed by atoms with E-state index in [0.717, 1.165) is 41.3 Å². The lowest BCUT2D eigenvalue weighted by Gasteiger charge is -2.19. The molecule has 25 heavy (non-hydrogen) atoms. The van der Waals surface area contributed by atoms with Crippen molar-refractivity contribution in [3.05, 3.63) is 36.8 Å². The Morgan fingerprint density at radius 2 is 1.96 bits per heavy atom. The number of nitrogens with zero attached hydrogens (tertiary/aromatic N) is 3. The number of ether oxygens (including phenoxy) is 1. The lowest BCUT2D eigenvalue weighted by molar-refractivity contribution is 0.0527. The molecule has 0 aliphatic heterocycles. The Hall–Kier alpha value is -2.63. The Labute approximate surface area is 147 Å². The number of alkyl carbamates (subject to hydrolysis) is 1. The fraction of sp³-hybridized carbons (Fsp3) is 0.421. The van der Waals surface area contributed by atoms with Gasteiger partial charge in [0, 0.05) is 18.5 Å². The number of imidazole rings is 1. The number of aryl methyl sites for hydroxylation is 1. The maximum atomic E-state index is 11.6. The van der Waals surface area contributed by atoms with Crippen molar-refractivity contribution in [1.82, 2.24) is 19.9 Å². The first-order valence-electron chi connectivity index (χ1n) is 8.59. The number of para-hydroxylation sites is 1. The molecule has 1 N–H and O–H groups in total. The molecule has 132 valence electrons. The smallest absolute Gasteiger partial charge is 0.407 e. The van der Waals surface area contributed by atoms with E-state index >= 15 is 0 Å². The molecule has 0 spiro atoms. The van der Waals surface area contributed by atoms with Crippen molar-refractivity contribution in [3.8, 4) is 0 Å². The Morgan fingerprint density at radius 3 is 2.76 bits per heavy atom. The second kappa shape index (κ2) is 7.09. The predicted octanol–water partition coefficient (Wildman–Crippen LogP) is 3.89. The second-order valence-electron chi connectivity index (χ2n) is 7.08. The van der Waals surface area contributed by atoms with E-state index in [4.69, 9.17) is 4.74 Å². The number of benzene rings is 1. The van der Waals surface area contributed by atoms with E-state index in [0.29, 0.717) is 6.54 Å². The molecule has 0 aliphatic carbocycles. The van der Waals surface area contributed by atoms with Gasteiger partial charge in [-0.2, -0.15) is 0 Å². The van der Waals surface area contributed by atoms with E-state index < -0.39 is 5.60 Å². The lowest BCUT2D eigenvalue weighted by Crippen LogP contribution is -2.33. The average Bonchev–Trinajstić information content (AvgIpc) is 2.96. The van der Waals surface area contributed by atoms with Crippen LogP contribution in [0.2, 0.25) is 0 Å². The number of nitrogens with one attached hydrogen (secondary N) is 1. The van der Waals surface area contributed by atoms with Gasteiger partial charge >= 0.3 is 6.09 Å². The van der Waals surface area contributed by atoms with Gasteiger partial charge in [-0.05, 0) is 39.7 Å². The number of hydrogen-bond donors (Lipinski definition) is 1. The van der Waals surface area contributed by atoms with Gasteiger partial charge in [0.25, 0.3) is 0 Å². The highest BCUT2D eigenvalue weighted by atomic mass is 16.6. The summed E-state index contributed by atoms with van der Waals surface area (Å²) in [5, 5.41) is 3.91. The zero-order valence-electron chi connectivity index (χ0n) is 15.0. The molecule has 1 amide bonds. The van der Waals surface area contributed by atoms with Crippen LogP contribution in [0.4, 0.5) is 4.79 Å². The largest absolute Gasteiger partial charge is 0.444 e. The zero-order chi connectivity index (χ0) is 17.9. The molecule has 0 saturated heterocycles. The highest BCUT2D eigenvalue weighted by Crippen LogP contribution is 2.22. The molecule has 2 aromatic heterocycles. The van der Waals surface area contributed by atoms with Crippen LogP contribution in [0.25, 0.3) is 21.9 Å². The normalized spacial score (nSPS) is 11.8. The van der Waals surface area contributed by atoms with Crippen LogP contribution in [0.1, 0.15) is 33.6 Å².